The van der Waals surface area contributed by atoms with Crippen molar-refractivity contribution in [2.75, 3.05) is 30.0 Å². The van der Waals surface area contributed by atoms with Gasteiger partial charge in [0.2, 0.25) is 0 Å². The molecule has 0 heterocycles. The zero-order valence-corrected chi connectivity index (χ0v) is 12.8. The Morgan fingerprint density at radius 1 is 1.30 bits per heavy atom. The predicted molar refractivity (Wildman–Crippen MR) is 83.9 cm³/mol. The second-order valence-corrected chi connectivity index (χ2v) is 6.44. The molecule has 112 valence electrons. The highest BCUT2D eigenvalue weighted by Gasteiger charge is 2.11. The van der Waals surface area contributed by atoms with E-state index in [2.05, 4.69) is 10.6 Å². The second-order valence-electron chi connectivity index (χ2n) is 4.64. The van der Waals surface area contributed by atoms with Crippen molar-refractivity contribution in [2.24, 2.45) is 0 Å². The number of hydrogen-bond acceptors (Lipinski definition) is 5. The molecule has 0 aromatic heterocycles. The van der Waals surface area contributed by atoms with E-state index in [1.807, 2.05) is 19.9 Å². The Morgan fingerprint density at radius 3 is 2.40 bits per heavy atom. The van der Waals surface area contributed by atoms with Crippen molar-refractivity contribution < 1.29 is 9.13 Å². The summed E-state index contributed by atoms with van der Waals surface area (Å²) in [5.74, 6) is 0. The van der Waals surface area contributed by atoms with Crippen LogP contribution in [0.5, 0.6) is 0 Å². The van der Waals surface area contributed by atoms with Crippen LogP contribution >= 0.6 is 0 Å². The minimum Gasteiger partial charge on any atom is -0.385 e. The summed E-state index contributed by atoms with van der Waals surface area (Å²) < 4.78 is 11.3. The van der Waals surface area contributed by atoms with E-state index in [4.69, 9.17) is 0 Å². The van der Waals surface area contributed by atoms with Gasteiger partial charge in [0.1, 0.15) is 0 Å². The molecule has 0 aliphatic rings. The number of benzene rings is 1. The van der Waals surface area contributed by atoms with Crippen molar-refractivity contribution >= 4 is 27.9 Å². The minimum atomic E-state index is -0.920. The normalized spacial score (nSPS) is 13.6. The van der Waals surface area contributed by atoms with E-state index >= 15 is 0 Å². The van der Waals surface area contributed by atoms with Gasteiger partial charge in [-0.25, -0.2) is 0 Å². The summed E-state index contributed by atoms with van der Waals surface area (Å²) >= 11 is 0. The SMILES string of the molecule is CCCNc1cc(NCC(C)S(C)=O)cc([N+](=O)[O-])c1. The van der Waals surface area contributed by atoms with E-state index in [0.29, 0.717) is 17.9 Å². The Morgan fingerprint density at radius 2 is 1.90 bits per heavy atom. The van der Waals surface area contributed by atoms with Crippen LogP contribution in [0.1, 0.15) is 20.3 Å². The molecule has 1 rings (SSSR count). The maximum Gasteiger partial charge on any atom is 0.273 e. The number of rotatable bonds is 8. The maximum absolute atomic E-state index is 11.3. The highest BCUT2D eigenvalue weighted by molar-refractivity contribution is 7.84. The first-order chi connectivity index (χ1) is 9.43. The van der Waals surface area contributed by atoms with Crippen LogP contribution in [0.15, 0.2) is 18.2 Å². The maximum atomic E-state index is 11.3. The van der Waals surface area contributed by atoms with Gasteiger partial charge >= 0.3 is 0 Å². The Balaban J connectivity index is 2.85. The Kier molecular flexibility index (Phi) is 6.44. The molecule has 0 aliphatic carbocycles. The average molecular weight is 299 g/mol. The molecular formula is C13H21N3O3S. The zero-order chi connectivity index (χ0) is 15.1. The largest absolute Gasteiger partial charge is 0.385 e. The minimum absolute atomic E-state index is 0.0127. The van der Waals surface area contributed by atoms with E-state index in [-0.39, 0.29) is 10.9 Å². The smallest absolute Gasteiger partial charge is 0.273 e. The summed E-state index contributed by atoms with van der Waals surface area (Å²) in [6.07, 6.45) is 2.59. The molecule has 20 heavy (non-hydrogen) atoms. The molecule has 0 saturated heterocycles. The lowest BCUT2D eigenvalue weighted by Gasteiger charge is -2.13. The average Bonchev–Trinajstić information content (AvgIpc) is 2.42. The summed E-state index contributed by atoms with van der Waals surface area (Å²) in [6, 6.07) is 4.83. The third-order valence-corrected chi connectivity index (χ3v) is 4.17. The van der Waals surface area contributed by atoms with Crippen molar-refractivity contribution in [1.82, 2.24) is 0 Å². The Labute approximate surface area is 121 Å². The fourth-order valence-electron chi connectivity index (χ4n) is 1.57. The van der Waals surface area contributed by atoms with E-state index < -0.39 is 15.7 Å². The quantitative estimate of drug-likeness (QED) is 0.569. The van der Waals surface area contributed by atoms with Crippen LogP contribution in [0.3, 0.4) is 0 Å². The van der Waals surface area contributed by atoms with Crippen molar-refractivity contribution in [1.29, 1.82) is 0 Å². The Hall–Kier alpha value is -1.63. The topological polar surface area (TPSA) is 84.3 Å². The third kappa shape index (κ3) is 5.16. The van der Waals surface area contributed by atoms with Crippen LogP contribution in [0.2, 0.25) is 0 Å². The first-order valence-electron chi connectivity index (χ1n) is 6.53. The molecule has 2 N–H and O–H groups in total. The zero-order valence-electron chi connectivity index (χ0n) is 12.0. The summed E-state index contributed by atoms with van der Waals surface area (Å²) in [5.41, 5.74) is 1.42. The monoisotopic (exact) mass is 299 g/mol. The van der Waals surface area contributed by atoms with Crippen molar-refractivity contribution in [2.45, 2.75) is 25.5 Å². The molecule has 0 bridgehead atoms. The van der Waals surface area contributed by atoms with Crippen LogP contribution in [0.25, 0.3) is 0 Å². The molecule has 0 radical (unpaired) electrons. The summed E-state index contributed by atoms with van der Waals surface area (Å²) in [5, 5.41) is 17.2. The molecule has 2 unspecified atom stereocenters. The predicted octanol–water partition coefficient (Wildman–Crippen LogP) is 2.60. The summed E-state index contributed by atoms with van der Waals surface area (Å²) in [4.78, 5) is 10.5. The van der Waals surface area contributed by atoms with Crippen LogP contribution in [-0.2, 0) is 10.8 Å². The van der Waals surface area contributed by atoms with Crippen LogP contribution in [-0.4, -0.2) is 33.7 Å². The van der Waals surface area contributed by atoms with Crippen molar-refractivity contribution in [3.63, 3.8) is 0 Å². The molecule has 2 atom stereocenters. The lowest BCUT2D eigenvalue weighted by atomic mass is 10.2. The fourth-order valence-corrected chi connectivity index (χ4v) is 1.89. The molecule has 0 aliphatic heterocycles. The summed E-state index contributed by atoms with van der Waals surface area (Å²) in [6.45, 7) is 5.17. The van der Waals surface area contributed by atoms with Gasteiger partial charge in [0.25, 0.3) is 5.69 Å². The van der Waals surface area contributed by atoms with Crippen LogP contribution in [0, 0.1) is 10.1 Å². The number of nitrogens with zero attached hydrogens (tertiary/aromatic N) is 1. The Bertz CT molecular complexity index is 494. The number of nitrogens with one attached hydrogen (secondary N) is 2. The van der Waals surface area contributed by atoms with Crippen molar-refractivity contribution in [3.8, 4) is 0 Å². The number of nitro benzene ring substituents is 1. The van der Waals surface area contributed by atoms with Crippen LogP contribution in [0.4, 0.5) is 17.1 Å². The first-order valence-corrected chi connectivity index (χ1v) is 8.15. The van der Waals surface area contributed by atoms with Gasteiger partial charge in [-0.05, 0) is 19.4 Å². The molecule has 7 heteroatoms. The number of non-ortho nitro benzene ring substituents is 1. The molecule has 0 fully saturated rings. The van der Waals surface area contributed by atoms with E-state index in [9.17, 15) is 14.3 Å². The lowest BCUT2D eigenvalue weighted by molar-refractivity contribution is -0.384. The number of nitro groups is 1. The highest BCUT2D eigenvalue weighted by atomic mass is 32.2. The first kappa shape index (κ1) is 16.4. The van der Waals surface area contributed by atoms with Gasteiger partial charge in [0, 0.05) is 58.9 Å². The number of anilines is 2. The van der Waals surface area contributed by atoms with E-state index in [1.165, 1.54) is 12.1 Å². The number of hydrogen-bond donors (Lipinski definition) is 2. The molecule has 1 aromatic carbocycles. The molecule has 6 nitrogen and oxygen atoms in total. The van der Waals surface area contributed by atoms with Crippen molar-refractivity contribution in [3.05, 3.63) is 28.3 Å². The van der Waals surface area contributed by atoms with Gasteiger partial charge in [0.15, 0.2) is 0 Å². The van der Waals surface area contributed by atoms with E-state index in [1.54, 1.807) is 6.26 Å². The van der Waals surface area contributed by atoms with Gasteiger partial charge in [-0.15, -0.1) is 0 Å². The van der Waals surface area contributed by atoms with Gasteiger partial charge in [0.05, 0.1) is 4.92 Å². The van der Waals surface area contributed by atoms with Gasteiger partial charge < -0.3 is 10.6 Å². The molecule has 0 saturated carbocycles. The third-order valence-electron chi connectivity index (χ3n) is 2.87. The molecule has 0 amide bonds. The summed E-state index contributed by atoms with van der Waals surface area (Å²) in [7, 11) is -0.920. The lowest BCUT2D eigenvalue weighted by Crippen LogP contribution is -2.20. The highest BCUT2D eigenvalue weighted by Crippen LogP contribution is 2.24. The van der Waals surface area contributed by atoms with Gasteiger partial charge in [-0.1, -0.05) is 6.92 Å². The van der Waals surface area contributed by atoms with Gasteiger partial charge in [-0.3, -0.25) is 14.3 Å². The molecule has 1 aromatic rings. The van der Waals surface area contributed by atoms with E-state index in [0.717, 1.165) is 13.0 Å². The molecule has 0 spiro atoms. The molecular weight excluding hydrogens is 278 g/mol. The standard InChI is InChI=1S/C13H21N3O3S/c1-4-5-14-11-6-12(8-13(7-11)16(17)18)15-9-10(2)20(3)19/h6-8,10,14-15H,4-5,9H2,1-3H3. The fraction of sp³-hybridized carbons (Fsp3) is 0.538. The van der Waals surface area contributed by atoms with Gasteiger partial charge in [-0.2, -0.15) is 0 Å². The second kappa shape index (κ2) is 7.84. The van der Waals surface area contributed by atoms with Crippen LogP contribution < -0.4 is 10.6 Å².